The third-order valence-electron chi connectivity index (χ3n) is 13.1. The number of hydrogen-bond donors (Lipinski definition) is 0. The Kier molecular flexibility index (Phi) is 9.93. The maximum atomic E-state index is 4.76. The molecule has 0 spiro atoms. The zero-order chi connectivity index (χ0) is 43.8. The molecule has 0 aliphatic carbocycles. The molecule has 0 atom stereocenters. The number of aromatic nitrogens is 1. The Bertz CT molecular complexity index is 3650. The van der Waals surface area contributed by atoms with E-state index in [1.54, 1.807) is 0 Å². The van der Waals surface area contributed by atoms with Gasteiger partial charge in [-0.25, -0.2) is 0 Å². The highest BCUT2D eigenvalue weighted by Gasteiger charge is 2.24. The molecule has 0 aliphatic heterocycles. The van der Waals surface area contributed by atoms with Crippen LogP contribution in [0.25, 0.3) is 121 Å². The van der Waals surface area contributed by atoms with Gasteiger partial charge in [0.25, 0.3) is 0 Å². The van der Waals surface area contributed by atoms with Crippen molar-refractivity contribution in [1.82, 2.24) is 4.98 Å². The van der Waals surface area contributed by atoms with E-state index >= 15 is 0 Å². The van der Waals surface area contributed by atoms with E-state index < -0.39 is 0 Å². The second kappa shape index (κ2) is 16.8. The molecule has 0 unspecified atom stereocenters. The van der Waals surface area contributed by atoms with Crippen molar-refractivity contribution in [3.63, 3.8) is 0 Å². The SMILES string of the molecule is c1ccc(-c2cc(-c3cccc(-c4c5ccccc5c(-c5ccc(-c6cccc7cccnc67)cc5)c5ccccc45)c3)c(-c3ccccc3)c(-c3ccccc3)c2-c2ccccc2)cc1. The van der Waals surface area contributed by atoms with Gasteiger partial charge in [-0.1, -0.05) is 237 Å². The highest BCUT2D eigenvalue weighted by Crippen LogP contribution is 2.51. The summed E-state index contributed by atoms with van der Waals surface area (Å²) in [6.07, 6.45) is 1.88. The van der Waals surface area contributed by atoms with Gasteiger partial charge in [0.1, 0.15) is 0 Å². The number of para-hydroxylation sites is 1. The second-order valence-electron chi connectivity index (χ2n) is 16.9. The van der Waals surface area contributed by atoms with Crippen LogP contribution in [0.5, 0.6) is 0 Å². The summed E-state index contributed by atoms with van der Waals surface area (Å²) in [4.78, 5) is 4.76. The molecule has 308 valence electrons. The third-order valence-corrected chi connectivity index (χ3v) is 13.1. The van der Waals surface area contributed by atoms with Crippen LogP contribution in [0, 0.1) is 0 Å². The monoisotopic (exact) mass is 837 g/mol. The molecule has 0 amide bonds. The van der Waals surface area contributed by atoms with E-state index in [0.29, 0.717) is 0 Å². The molecule has 11 aromatic carbocycles. The Morgan fingerprint density at radius 3 is 1.15 bits per heavy atom. The summed E-state index contributed by atoms with van der Waals surface area (Å²) in [6, 6.07) is 92.9. The lowest BCUT2D eigenvalue weighted by Gasteiger charge is -2.25. The average molecular weight is 838 g/mol. The van der Waals surface area contributed by atoms with Crippen LogP contribution in [0.1, 0.15) is 0 Å². The van der Waals surface area contributed by atoms with Gasteiger partial charge >= 0.3 is 0 Å². The van der Waals surface area contributed by atoms with E-state index in [1.165, 1.54) is 93.9 Å². The molecule has 0 bridgehead atoms. The van der Waals surface area contributed by atoms with Crippen molar-refractivity contribution < 1.29 is 0 Å². The van der Waals surface area contributed by atoms with Crippen molar-refractivity contribution >= 4 is 32.4 Å². The average Bonchev–Trinajstić information content (AvgIpc) is 3.40. The summed E-state index contributed by atoms with van der Waals surface area (Å²) in [5.41, 5.74) is 20.1. The van der Waals surface area contributed by atoms with E-state index in [9.17, 15) is 0 Å². The third kappa shape index (κ3) is 6.86. The largest absolute Gasteiger partial charge is 0.256 e. The first-order valence-electron chi connectivity index (χ1n) is 22.7. The fourth-order valence-corrected chi connectivity index (χ4v) is 10.2. The van der Waals surface area contributed by atoms with Crippen LogP contribution < -0.4 is 0 Å². The molecule has 0 radical (unpaired) electrons. The van der Waals surface area contributed by atoms with Crippen molar-refractivity contribution in [1.29, 1.82) is 0 Å². The maximum Gasteiger partial charge on any atom is 0.0780 e. The summed E-state index contributed by atoms with van der Waals surface area (Å²) in [6.45, 7) is 0. The number of nitrogens with zero attached hydrogens (tertiary/aromatic N) is 1. The first-order chi connectivity index (χ1) is 32.8. The fourth-order valence-electron chi connectivity index (χ4n) is 10.2. The molecule has 1 nitrogen and oxygen atoms in total. The Hall–Kier alpha value is -8.65. The van der Waals surface area contributed by atoms with Gasteiger partial charge in [-0.05, 0) is 123 Å². The van der Waals surface area contributed by atoms with Gasteiger partial charge in [0, 0.05) is 17.1 Å². The summed E-state index contributed by atoms with van der Waals surface area (Å²) in [5.74, 6) is 0. The molecule has 0 aliphatic rings. The lowest BCUT2D eigenvalue weighted by atomic mass is 9.78. The normalized spacial score (nSPS) is 11.3. The van der Waals surface area contributed by atoms with Gasteiger partial charge < -0.3 is 0 Å². The summed E-state index contributed by atoms with van der Waals surface area (Å²) in [7, 11) is 0. The molecule has 0 saturated heterocycles. The number of hydrogen-bond acceptors (Lipinski definition) is 1. The number of pyridine rings is 1. The molecular weight excluding hydrogens is 795 g/mol. The van der Waals surface area contributed by atoms with Crippen molar-refractivity contribution in [2.24, 2.45) is 0 Å². The summed E-state index contributed by atoms with van der Waals surface area (Å²) >= 11 is 0. The molecule has 12 aromatic rings. The van der Waals surface area contributed by atoms with Crippen LogP contribution in [0.4, 0.5) is 0 Å². The standard InChI is InChI=1S/C65H43N/c1-5-20-44(21-6-1)58-43-59(63(47-24-9-3-10-25-47)64(48-26-11-4-12-27-48)62(58)46-22-7-2-8-23-46)51-29-17-30-52(42-51)61-56-34-15-13-32-54(56)60(55-33-14-16-35-57(55)61)49-39-37-45(38-40-49)53-36-18-28-50-31-19-41-66-65(50)53/h1-43H. The van der Waals surface area contributed by atoms with Crippen LogP contribution in [-0.4, -0.2) is 4.98 Å². The van der Waals surface area contributed by atoms with E-state index in [1.807, 2.05) is 12.3 Å². The van der Waals surface area contributed by atoms with Crippen LogP contribution >= 0.6 is 0 Å². The Morgan fingerprint density at radius 1 is 0.212 bits per heavy atom. The van der Waals surface area contributed by atoms with Crippen LogP contribution in [0.15, 0.2) is 261 Å². The lowest BCUT2D eigenvalue weighted by Crippen LogP contribution is -1.98. The smallest absolute Gasteiger partial charge is 0.0780 e. The van der Waals surface area contributed by atoms with Gasteiger partial charge in [0.05, 0.1) is 5.52 Å². The molecule has 1 heterocycles. The Morgan fingerprint density at radius 2 is 0.591 bits per heavy atom. The zero-order valence-electron chi connectivity index (χ0n) is 36.3. The van der Waals surface area contributed by atoms with Crippen molar-refractivity contribution in [3.05, 3.63) is 261 Å². The topological polar surface area (TPSA) is 12.9 Å². The van der Waals surface area contributed by atoms with Crippen molar-refractivity contribution in [2.45, 2.75) is 0 Å². The minimum atomic E-state index is 1.02. The van der Waals surface area contributed by atoms with Crippen LogP contribution in [0.2, 0.25) is 0 Å². The predicted molar refractivity (Wildman–Crippen MR) is 280 cm³/mol. The molecule has 0 fully saturated rings. The Labute approximate surface area is 385 Å². The Balaban J connectivity index is 1.10. The molecule has 12 rings (SSSR count). The zero-order valence-corrected chi connectivity index (χ0v) is 36.3. The highest BCUT2D eigenvalue weighted by molar-refractivity contribution is 6.21. The lowest BCUT2D eigenvalue weighted by molar-refractivity contribution is 1.41. The number of rotatable bonds is 8. The van der Waals surface area contributed by atoms with Gasteiger partial charge in [-0.3, -0.25) is 4.98 Å². The molecule has 1 heteroatoms. The van der Waals surface area contributed by atoms with Gasteiger partial charge in [0.15, 0.2) is 0 Å². The molecule has 0 N–H and O–H groups in total. The molecular formula is C65H43N. The van der Waals surface area contributed by atoms with Crippen LogP contribution in [-0.2, 0) is 0 Å². The van der Waals surface area contributed by atoms with Crippen molar-refractivity contribution in [3.8, 4) is 89.0 Å². The van der Waals surface area contributed by atoms with E-state index in [0.717, 1.165) is 27.6 Å². The quantitative estimate of drug-likeness (QED) is 0.139. The minimum absolute atomic E-state index is 1.02. The number of benzene rings is 11. The first kappa shape index (κ1) is 39.0. The van der Waals surface area contributed by atoms with Crippen LogP contribution in [0.3, 0.4) is 0 Å². The van der Waals surface area contributed by atoms with E-state index in [2.05, 4.69) is 249 Å². The molecule has 0 saturated carbocycles. The molecule has 66 heavy (non-hydrogen) atoms. The predicted octanol–water partition coefficient (Wildman–Crippen LogP) is 17.9. The van der Waals surface area contributed by atoms with Crippen molar-refractivity contribution in [2.75, 3.05) is 0 Å². The van der Waals surface area contributed by atoms with Gasteiger partial charge in [0.2, 0.25) is 0 Å². The molecule has 1 aromatic heterocycles. The summed E-state index contributed by atoms with van der Waals surface area (Å²) in [5, 5.41) is 6.05. The minimum Gasteiger partial charge on any atom is -0.256 e. The van der Waals surface area contributed by atoms with E-state index in [-0.39, 0.29) is 0 Å². The first-order valence-corrected chi connectivity index (χ1v) is 22.7. The fraction of sp³-hybridized carbons (Fsp3) is 0. The second-order valence-corrected chi connectivity index (χ2v) is 16.9. The van der Waals surface area contributed by atoms with Gasteiger partial charge in [-0.2, -0.15) is 0 Å². The highest BCUT2D eigenvalue weighted by atomic mass is 14.6. The maximum absolute atomic E-state index is 4.76. The van der Waals surface area contributed by atoms with Gasteiger partial charge in [-0.15, -0.1) is 0 Å². The number of fused-ring (bicyclic) bond motifs is 3. The summed E-state index contributed by atoms with van der Waals surface area (Å²) < 4.78 is 0. The van der Waals surface area contributed by atoms with E-state index in [4.69, 9.17) is 4.98 Å².